The van der Waals surface area contributed by atoms with Crippen molar-refractivity contribution in [1.82, 2.24) is 14.1 Å². The Morgan fingerprint density at radius 1 is 1.13 bits per heavy atom. The van der Waals surface area contributed by atoms with E-state index in [1.54, 1.807) is 17.7 Å². The van der Waals surface area contributed by atoms with Crippen molar-refractivity contribution in [3.05, 3.63) is 18.2 Å². The monoisotopic (exact) mass is 561 g/mol. The predicted molar refractivity (Wildman–Crippen MR) is 127 cm³/mol. The van der Waals surface area contributed by atoms with Gasteiger partial charge in [-0.3, -0.25) is 0 Å². The van der Waals surface area contributed by atoms with E-state index in [1.165, 1.54) is 60.7 Å². The van der Waals surface area contributed by atoms with E-state index in [2.05, 4.69) is 36.7 Å². The fraction of sp³-hybridized carbons (Fsp3) is 0.714. The molecule has 2 heterocycles. The van der Waals surface area contributed by atoms with Gasteiger partial charge < -0.3 is 0 Å². The summed E-state index contributed by atoms with van der Waals surface area (Å²) < 4.78 is 28.8. The fourth-order valence-corrected chi connectivity index (χ4v) is 12.4. The molecule has 168 valence electrons. The van der Waals surface area contributed by atoms with E-state index in [1.807, 2.05) is 4.40 Å². The van der Waals surface area contributed by atoms with E-state index in [9.17, 15) is 13.2 Å². The number of carbonyl (C=O) groups excluding carboxylic acids is 1. The quantitative estimate of drug-likeness (QED) is 0.262. The van der Waals surface area contributed by atoms with Crippen LogP contribution in [0.1, 0.15) is 89.0 Å². The number of Topliss-reactive ketones (excluding diaryl/α,β-unsaturated/α-hetero) is 1. The zero-order valence-electron chi connectivity index (χ0n) is 18.7. The normalized spacial score (nSPS) is 12.7. The summed E-state index contributed by atoms with van der Waals surface area (Å²) in [5.74, 6) is -0.282. The number of imidazole rings is 1. The van der Waals surface area contributed by atoms with Gasteiger partial charge in [0.2, 0.25) is 0 Å². The van der Waals surface area contributed by atoms with Crippen LogP contribution >= 0.6 is 11.3 Å². The molecule has 2 aromatic heterocycles. The third-order valence-electron chi connectivity index (χ3n) is 5.39. The molecule has 2 rings (SSSR count). The van der Waals surface area contributed by atoms with E-state index in [4.69, 9.17) is 0 Å². The number of fused-ring (bicyclic) bond motifs is 1. The van der Waals surface area contributed by atoms with Crippen molar-refractivity contribution < 1.29 is 13.2 Å². The van der Waals surface area contributed by atoms with Gasteiger partial charge in [0.15, 0.2) is 0 Å². The van der Waals surface area contributed by atoms with Crippen molar-refractivity contribution in [2.45, 2.75) is 82.0 Å². The van der Waals surface area contributed by atoms with Gasteiger partial charge in [0.1, 0.15) is 0 Å². The third kappa shape index (κ3) is 7.60. The first-order chi connectivity index (χ1) is 14.2. The van der Waals surface area contributed by atoms with E-state index in [0.717, 1.165) is 11.1 Å². The van der Waals surface area contributed by atoms with Crippen LogP contribution in [0.4, 0.5) is 0 Å². The number of ketones is 1. The molecule has 0 amide bonds. The van der Waals surface area contributed by atoms with Crippen molar-refractivity contribution in [2.75, 3.05) is 12.8 Å². The standard InChI is InChI=1S/C13H27.C8H8N3O3S2.Sn/c1-4-7-10-13(11-8-5-2)12-9-6-3;1-16(13,14)10-4-6(12)7-8-11(5-9-7)2-3-15-8;/h4-12H2,1-3H3;2,5,10H,4H2,1H3;. The molecule has 0 saturated carbocycles. The number of unbranched alkanes of at least 4 members (excludes halogenated alkanes) is 3. The number of nitrogens with zero attached hydrogens (tertiary/aromatic N) is 2. The molecule has 0 aliphatic rings. The summed E-state index contributed by atoms with van der Waals surface area (Å²) in [6.07, 6.45) is 16.5. The molecule has 0 bridgehead atoms. The fourth-order valence-electron chi connectivity index (χ4n) is 3.70. The van der Waals surface area contributed by atoms with Crippen LogP contribution in [0.25, 0.3) is 4.83 Å². The van der Waals surface area contributed by atoms with Crippen LogP contribution in [0, 0.1) is 0 Å². The Morgan fingerprint density at radius 2 is 1.70 bits per heavy atom. The van der Waals surface area contributed by atoms with Gasteiger partial charge in [-0.05, 0) is 0 Å². The van der Waals surface area contributed by atoms with Gasteiger partial charge in [0.05, 0.1) is 0 Å². The number of thiazole rings is 1. The number of nitrogens with one attached hydrogen (secondary N) is 1. The molecular weight excluding hydrogens is 525 g/mol. The molecule has 2 radical (unpaired) electrons. The number of aromatic nitrogens is 2. The first kappa shape index (κ1) is 25.8. The van der Waals surface area contributed by atoms with Crippen LogP contribution < -0.4 is 7.62 Å². The Balaban J connectivity index is 2.26. The number of carbonyl (C=O) groups is 1. The molecule has 2 aromatic rings. The summed E-state index contributed by atoms with van der Waals surface area (Å²) in [6.45, 7) is 6.59. The van der Waals surface area contributed by atoms with Gasteiger partial charge in [0, 0.05) is 0 Å². The molecule has 0 aromatic carbocycles. The number of hydrogen-bond donors (Lipinski definition) is 1. The summed E-state index contributed by atoms with van der Waals surface area (Å²) in [5.41, 5.74) is 0.378. The van der Waals surface area contributed by atoms with Crippen LogP contribution in [-0.4, -0.2) is 57.5 Å². The van der Waals surface area contributed by atoms with E-state index in [-0.39, 0.29) is 12.3 Å². The Kier molecular flexibility index (Phi) is 10.3. The first-order valence-corrected chi connectivity index (χ1v) is 16.5. The van der Waals surface area contributed by atoms with Crippen molar-refractivity contribution >= 4 is 56.0 Å². The van der Waals surface area contributed by atoms with Gasteiger partial charge >= 0.3 is 196 Å². The molecule has 0 aliphatic carbocycles. The van der Waals surface area contributed by atoms with E-state index >= 15 is 0 Å². The molecule has 0 saturated heterocycles. The molecule has 30 heavy (non-hydrogen) atoms. The number of hydrogen-bond acceptors (Lipinski definition) is 5. The number of sulfonamides is 1. The van der Waals surface area contributed by atoms with Crippen LogP contribution in [0.2, 0.25) is 3.43 Å². The third-order valence-corrected chi connectivity index (χ3v) is 13.3. The average molecular weight is 560 g/mol. The second kappa shape index (κ2) is 12.0. The summed E-state index contributed by atoms with van der Waals surface area (Å²) in [5, 5.41) is 0. The van der Waals surface area contributed by atoms with Gasteiger partial charge in [0.25, 0.3) is 0 Å². The Hall–Kier alpha value is -0.451. The van der Waals surface area contributed by atoms with Crippen LogP contribution in [0.5, 0.6) is 0 Å². The second-order valence-electron chi connectivity index (χ2n) is 8.13. The van der Waals surface area contributed by atoms with Gasteiger partial charge in [-0.2, -0.15) is 0 Å². The maximum atomic E-state index is 12.5. The van der Waals surface area contributed by atoms with Gasteiger partial charge in [-0.15, -0.1) is 0 Å². The molecule has 0 spiro atoms. The molecule has 6 nitrogen and oxygen atoms in total. The van der Waals surface area contributed by atoms with Crippen molar-refractivity contribution in [1.29, 1.82) is 0 Å². The van der Waals surface area contributed by atoms with E-state index < -0.39 is 31.2 Å². The molecule has 0 unspecified atom stereocenters. The van der Waals surface area contributed by atoms with Gasteiger partial charge in [-0.1, -0.05) is 0 Å². The SMILES string of the molecule is CCCC[C](CCCC)(CCCC)[Sn][c]1cn2cnc(C(=O)CNS(C)(=O)=O)c2s1. The molecular formula is C21H35N3O3S2Sn. The Morgan fingerprint density at radius 3 is 2.20 bits per heavy atom. The minimum absolute atomic E-state index is 0.244. The Bertz CT molecular complexity index is 899. The van der Waals surface area contributed by atoms with Crippen molar-refractivity contribution in [2.24, 2.45) is 0 Å². The molecule has 0 atom stereocenters. The van der Waals surface area contributed by atoms with Crippen LogP contribution in [0.15, 0.2) is 12.5 Å². The van der Waals surface area contributed by atoms with Crippen molar-refractivity contribution in [3.63, 3.8) is 0 Å². The first-order valence-electron chi connectivity index (χ1n) is 11.0. The zero-order valence-corrected chi connectivity index (χ0v) is 23.1. The molecule has 0 fully saturated rings. The molecule has 1 N–H and O–H groups in total. The summed E-state index contributed by atoms with van der Waals surface area (Å²) in [6, 6.07) is 0. The van der Waals surface area contributed by atoms with Crippen molar-refractivity contribution in [3.8, 4) is 0 Å². The van der Waals surface area contributed by atoms with E-state index in [0.29, 0.717) is 9.12 Å². The summed E-state index contributed by atoms with van der Waals surface area (Å²) in [7, 11) is -3.40. The zero-order chi connectivity index (χ0) is 22.2. The number of rotatable bonds is 15. The van der Waals surface area contributed by atoms with Gasteiger partial charge in [-0.25, -0.2) is 0 Å². The molecule has 0 aliphatic heterocycles. The van der Waals surface area contributed by atoms with Crippen LogP contribution in [0.3, 0.4) is 0 Å². The maximum absolute atomic E-state index is 12.5. The molecule has 9 heteroatoms. The topological polar surface area (TPSA) is 80.5 Å². The Labute approximate surface area is 195 Å². The summed E-state index contributed by atoms with van der Waals surface area (Å²) in [4.78, 5) is 17.6. The van der Waals surface area contributed by atoms with Crippen LogP contribution in [-0.2, 0) is 10.0 Å². The summed E-state index contributed by atoms with van der Waals surface area (Å²) >= 11 is 0.826. The second-order valence-corrected chi connectivity index (χ2v) is 17.3. The average Bonchev–Trinajstić information content (AvgIpc) is 3.26. The predicted octanol–water partition coefficient (Wildman–Crippen LogP) is 4.19. The minimum atomic E-state index is -3.40.